The molecule has 0 saturated heterocycles. The topological polar surface area (TPSA) is 26.3 Å². The van der Waals surface area contributed by atoms with Gasteiger partial charge in [0.25, 0.3) is 0 Å². The van der Waals surface area contributed by atoms with Gasteiger partial charge in [-0.25, -0.2) is 0 Å². The van der Waals surface area contributed by atoms with E-state index in [0.29, 0.717) is 5.56 Å². The number of halogens is 1. The average molecular weight is 271 g/mol. The van der Waals surface area contributed by atoms with Crippen LogP contribution in [0.3, 0.4) is 0 Å². The Hall–Kier alpha value is -0.830. The molecule has 0 bridgehead atoms. The summed E-state index contributed by atoms with van der Waals surface area (Å²) < 4.78 is 5.08. The maximum absolute atomic E-state index is 11.9. The van der Waals surface area contributed by atoms with Crippen LogP contribution in [0.15, 0.2) is 24.3 Å². The van der Waals surface area contributed by atoms with Gasteiger partial charge >= 0.3 is 0 Å². The molecule has 0 spiro atoms. The molecule has 3 heteroatoms. The number of ketones is 1. The van der Waals surface area contributed by atoms with E-state index in [1.165, 1.54) is 0 Å². The molecule has 0 fully saturated rings. The second-order valence-electron chi connectivity index (χ2n) is 3.35. The number of methoxy groups -OCH3 is 1. The van der Waals surface area contributed by atoms with Gasteiger partial charge in [-0.05, 0) is 18.6 Å². The highest BCUT2D eigenvalue weighted by Gasteiger charge is 2.15. The number of carbonyl (C=O) groups is 1. The molecule has 0 amide bonds. The third-order valence-corrected chi connectivity index (χ3v) is 3.05. The Balaban J connectivity index is 2.81. The maximum atomic E-state index is 11.9. The van der Waals surface area contributed by atoms with Crippen molar-refractivity contribution in [2.75, 3.05) is 7.11 Å². The SMILES string of the molecule is CCCC(Br)C(=O)c1cccc(OC)c1. The van der Waals surface area contributed by atoms with E-state index >= 15 is 0 Å². The largest absolute Gasteiger partial charge is 0.497 e. The highest BCUT2D eigenvalue weighted by atomic mass is 79.9. The number of rotatable bonds is 5. The van der Waals surface area contributed by atoms with Gasteiger partial charge < -0.3 is 4.74 Å². The molecular weight excluding hydrogens is 256 g/mol. The Morgan fingerprint density at radius 3 is 2.87 bits per heavy atom. The number of hydrogen-bond donors (Lipinski definition) is 0. The first-order valence-corrected chi connectivity index (χ1v) is 5.93. The van der Waals surface area contributed by atoms with Crippen molar-refractivity contribution in [3.63, 3.8) is 0 Å². The van der Waals surface area contributed by atoms with Gasteiger partial charge in [0, 0.05) is 5.56 Å². The number of benzene rings is 1. The van der Waals surface area contributed by atoms with Crippen LogP contribution < -0.4 is 4.74 Å². The fourth-order valence-corrected chi connectivity index (χ4v) is 2.06. The van der Waals surface area contributed by atoms with Crippen molar-refractivity contribution in [3.05, 3.63) is 29.8 Å². The van der Waals surface area contributed by atoms with Crippen LogP contribution >= 0.6 is 15.9 Å². The first-order valence-electron chi connectivity index (χ1n) is 5.01. The lowest BCUT2D eigenvalue weighted by Gasteiger charge is -2.08. The Labute approximate surface area is 98.8 Å². The molecule has 2 nitrogen and oxygen atoms in total. The molecule has 0 saturated carbocycles. The summed E-state index contributed by atoms with van der Waals surface area (Å²) >= 11 is 3.40. The minimum Gasteiger partial charge on any atom is -0.497 e. The first kappa shape index (κ1) is 12.2. The lowest BCUT2D eigenvalue weighted by Crippen LogP contribution is -2.13. The molecule has 0 aromatic heterocycles. The molecule has 1 atom stereocenters. The van der Waals surface area contributed by atoms with Crippen LogP contribution in [0.5, 0.6) is 5.75 Å². The number of ether oxygens (including phenoxy) is 1. The summed E-state index contributed by atoms with van der Waals surface area (Å²) in [5.41, 5.74) is 0.699. The van der Waals surface area contributed by atoms with Gasteiger partial charge in [-0.1, -0.05) is 41.4 Å². The molecule has 0 aliphatic rings. The van der Waals surface area contributed by atoms with Crippen molar-refractivity contribution < 1.29 is 9.53 Å². The highest BCUT2D eigenvalue weighted by Crippen LogP contribution is 2.18. The van der Waals surface area contributed by atoms with E-state index in [-0.39, 0.29) is 10.6 Å². The van der Waals surface area contributed by atoms with E-state index in [9.17, 15) is 4.79 Å². The fraction of sp³-hybridized carbons (Fsp3) is 0.417. The standard InChI is InChI=1S/C12H15BrO2/c1-3-5-11(13)12(14)9-6-4-7-10(8-9)15-2/h4,6-8,11H,3,5H2,1-2H3. The summed E-state index contributed by atoms with van der Waals surface area (Å²) in [7, 11) is 1.60. The third-order valence-electron chi connectivity index (χ3n) is 2.18. The van der Waals surface area contributed by atoms with Crippen molar-refractivity contribution in [2.45, 2.75) is 24.6 Å². The van der Waals surface area contributed by atoms with Crippen LogP contribution in [-0.4, -0.2) is 17.7 Å². The number of Topliss-reactive ketones (excluding diaryl/α,β-unsaturated/α-hetero) is 1. The molecule has 1 rings (SSSR count). The lowest BCUT2D eigenvalue weighted by molar-refractivity contribution is 0.0988. The van der Waals surface area contributed by atoms with E-state index in [1.807, 2.05) is 18.2 Å². The minimum atomic E-state index is -0.0883. The van der Waals surface area contributed by atoms with Crippen LogP contribution in [0.2, 0.25) is 0 Å². The average Bonchev–Trinajstić information content (AvgIpc) is 2.28. The Kier molecular flexibility index (Phi) is 4.82. The summed E-state index contributed by atoms with van der Waals surface area (Å²) in [5, 5.41) is 0. The minimum absolute atomic E-state index is 0.0883. The Morgan fingerprint density at radius 1 is 1.53 bits per heavy atom. The van der Waals surface area contributed by atoms with Crippen LogP contribution in [-0.2, 0) is 0 Å². The van der Waals surface area contributed by atoms with Gasteiger partial charge in [0.2, 0.25) is 0 Å². The van der Waals surface area contributed by atoms with Crippen LogP contribution in [0.4, 0.5) is 0 Å². The Bertz CT molecular complexity index is 336. The van der Waals surface area contributed by atoms with E-state index in [1.54, 1.807) is 13.2 Å². The molecule has 15 heavy (non-hydrogen) atoms. The second-order valence-corrected chi connectivity index (χ2v) is 4.46. The molecule has 1 aromatic rings. The zero-order valence-electron chi connectivity index (χ0n) is 9.00. The summed E-state index contributed by atoms with van der Waals surface area (Å²) in [6.07, 6.45) is 1.85. The monoisotopic (exact) mass is 270 g/mol. The van der Waals surface area contributed by atoms with Gasteiger partial charge in [-0.15, -0.1) is 0 Å². The van der Waals surface area contributed by atoms with E-state index in [0.717, 1.165) is 18.6 Å². The van der Waals surface area contributed by atoms with Crippen LogP contribution in [0, 0.1) is 0 Å². The fourth-order valence-electron chi connectivity index (χ4n) is 1.34. The third kappa shape index (κ3) is 3.34. The van der Waals surface area contributed by atoms with Crippen molar-refractivity contribution in [1.29, 1.82) is 0 Å². The molecule has 1 unspecified atom stereocenters. The second kappa shape index (κ2) is 5.91. The van der Waals surface area contributed by atoms with Gasteiger partial charge in [0.05, 0.1) is 11.9 Å². The van der Waals surface area contributed by atoms with Gasteiger partial charge in [0.15, 0.2) is 5.78 Å². The highest BCUT2D eigenvalue weighted by molar-refractivity contribution is 9.10. The summed E-state index contributed by atoms with van der Waals surface area (Å²) in [5.74, 6) is 0.841. The van der Waals surface area contributed by atoms with E-state index < -0.39 is 0 Å². The summed E-state index contributed by atoms with van der Waals surface area (Å²) in [6, 6.07) is 7.25. The molecule has 1 aromatic carbocycles. The summed E-state index contributed by atoms with van der Waals surface area (Å²) in [6.45, 7) is 2.06. The predicted octanol–water partition coefficient (Wildman–Crippen LogP) is 3.44. The Morgan fingerprint density at radius 2 is 2.27 bits per heavy atom. The molecule has 0 aliphatic heterocycles. The van der Waals surface area contributed by atoms with E-state index in [4.69, 9.17) is 4.74 Å². The molecule has 0 heterocycles. The van der Waals surface area contributed by atoms with Crippen molar-refractivity contribution in [3.8, 4) is 5.75 Å². The van der Waals surface area contributed by atoms with Crippen molar-refractivity contribution >= 4 is 21.7 Å². The predicted molar refractivity (Wildman–Crippen MR) is 64.9 cm³/mol. The number of alkyl halides is 1. The van der Waals surface area contributed by atoms with Gasteiger partial charge in [-0.2, -0.15) is 0 Å². The van der Waals surface area contributed by atoms with E-state index in [2.05, 4.69) is 22.9 Å². The molecule has 0 aliphatic carbocycles. The molecular formula is C12H15BrO2. The number of carbonyl (C=O) groups excluding carboxylic acids is 1. The van der Waals surface area contributed by atoms with Crippen molar-refractivity contribution in [1.82, 2.24) is 0 Å². The van der Waals surface area contributed by atoms with Crippen molar-refractivity contribution in [2.24, 2.45) is 0 Å². The molecule has 0 radical (unpaired) electrons. The quantitative estimate of drug-likeness (QED) is 0.605. The number of hydrogen-bond acceptors (Lipinski definition) is 2. The van der Waals surface area contributed by atoms with Crippen LogP contribution in [0.1, 0.15) is 30.1 Å². The van der Waals surface area contributed by atoms with Crippen LogP contribution in [0.25, 0.3) is 0 Å². The lowest BCUT2D eigenvalue weighted by atomic mass is 10.1. The summed E-state index contributed by atoms with van der Waals surface area (Å²) in [4.78, 5) is 11.8. The molecule has 0 N–H and O–H groups in total. The normalized spacial score (nSPS) is 12.2. The first-order chi connectivity index (χ1) is 7.19. The molecule has 82 valence electrons. The maximum Gasteiger partial charge on any atom is 0.176 e. The van der Waals surface area contributed by atoms with Gasteiger partial charge in [0.1, 0.15) is 5.75 Å². The zero-order chi connectivity index (χ0) is 11.3. The van der Waals surface area contributed by atoms with Gasteiger partial charge in [-0.3, -0.25) is 4.79 Å². The smallest absolute Gasteiger partial charge is 0.176 e. The zero-order valence-corrected chi connectivity index (χ0v) is 10.6.